The zero-order valence-corrected chi connectivity index (χ0v) is 11.1. The Morgan fingerprint density at radius 1 is 0.905 bits per heavy atom. The molecule has 0 fully saturated rings. The summed E-state index contributed by atoms with van der Waals surface area (Å²) in [6.07, 6.45) is -4.61. The Hall–Kier alpha value is -2.21. The highest BCUT2D eigenvalue weighted by Gasteiger charge is 2.28. The van der Waals surface area contributed by atoms with Crippen LogP contribution in [0.25, 0.3) is 0 Å². The van der Waals surface area contributed by atoms with E-state index in [9.17, 15) is 13.2 Å². The first kappa shape index (κ1) is 15.2. The van der Waals surface area contributed by atoms with Crippen LogP contribution in [0.5, 0.6) is 11.5 Å². The molecule has 0 bridgehead atoms. The summed E-state index contributed by atoms with van der Waals surface area (Å²) in [4.78, 5) is 0. The summed E-state index contributed by atoms with van der Waals surface area (Å²) in [5.41, 5.74) is 0.604. The Morgan fingerprint density at radius 2 is 1.57 bits per heavy atom. The quantitative estimate of drug-likeness (QED) is 0.800. The normalized spacial score (nSPS) is 11.2. The number of halogens is 3. The molecule has 2 rings (SSSR count). The van der Waals surface area contributed by atoms with Gasteiger partial charge in [-0.05, 0) is 24.3 Å². The van der Waals surface area contributed by atoms with Gasteiger partial charge in [-0.3, -0.25) is 4.74 Å². The van der Waals surface area contributed by atoms with Crippen molar-refractivity contribution in [1.82, 2.24) is 0 Å². The van der Waals surface area contributed by atoms with E-state index in [0.29, 0.717) is 17.2 Å². The van der Waals surface area contributed by atoms with Crippen LogP contribution in [-0.4, -0.2) is 19.5 Å². The molecule has 0 aliphatic rings. The SMILES string of the molecule is FC(F)(F)OCCNc1ccccc1Oc1ccccc1. The van der Waals surface area contributed by atoms with E-state index in [1.807, 2.05) is 18.2 Å². The van der Waals surface area contributed by atoms with Gasteiger partial charge in [0.05, 0.1) is 12.3 Å². The molecular formula is C15H14F3NO2. The predicted octanol–water partition coefficient (Wildman–Crippen LogP) is 4.43. The molecule has 2 aromatic carbocycles. The number of hydrogen-bond acceptors (Lipinski definition) is 3. The minimum absolute atomic E-state index is 0.0225. The topological polar surface area (TPSA) is 30.5 Å². The minimum atomic E-state index is -4.61. The largest absolute Gasteiger partial charge is 0.522 e. The van der Waals surface area contributed by atoms with Gasteiger partial charge in [0.2, 0.25) is 0 Å². The van der Waals surface area contributed by atoms with Gasteiger partial charge in [0.15, 0.2) is 5.75 Å². The van der Waals surface area contributed by atoms with Crippen molar-refractivity contribution in [3.63, 3.8) is 0 Å². The van der Waals surface area contributed by atoms with Crippen LogP contribution < -0.4 is 10.1 Å². The molecule has 0 aromatic heterocycles. The van der Waals surface area contributed by atoms with E-state index >= 15 is 0 Å². The lowest BCUT2D eigenvalue weighted by atomic mass is 10.3. The summed E-state index contributed by atoms with van der Waals surface area (Å²) >= 11 is 0. The van der Waals surface area contributed by atoms with Gasteiger partial charge in [-0.15, -0.1) is 13.2 Å². The van der Waals surface area contributed by atoms with Crippen LogP contribution in [0.4, 0.5) is 18.9 Å². The number of alkyl halides is 3. The van der Waals surface area contributed by atoms with Crippen molar-refractivity contribution >= 4 is 5.69 Å². The van der Waals surface area contributed by atoms with Crippen LogP contribution in [0.15, 0.2) is 54.6 Å². The molecule has 0 atom stereocenters. The molecule has 2 aromatic rings. The second-order valence-electron chi connectivity index (χ2n) is 4.13. The van der Waals surface area contributed by atoms with Crippen LogP contribution in [0.1, 0.15) is 0 Å². The maximum atomic E-state index is 11.9. The Bertz CT molecular complexity index is 558. The molecule has 0 radical (unpaired) electrons. The fourth-order valence-corrected chi connectivity index (χ4v) is 1.67. The summed E-state index contributed by atoms with van der Waals surface area (Å²) in [5.74, 6) is 1.19. The Morgan fingerprint density at radius 3 is 2.29 bits per heavy atom. The summed E-state index contributed by atoms with van der Waals surface area (Å²) in [5, 5.41) is 2.86. The summed E-state index contributed by atoms with van der Waals surface area (Å²) in [7, 11) is 0. The molecule has 0 spiro atoms. The van der Waals surface area contributed by atoms with Crippen molar-refractivity contribution in [3.8, 4) is 11.5 Å². The highest BCUT2D eigenvalue weighted by atomic mass is 19.4. The molecule has 112 valence electrons. The van der Waals surface area contributed by atoms with E-state index in [1.165, 1.54) is 0 Å². The van der Waals surface area contributed by atoms with Crippen molar-refractivity contribution in [2.75, 3.05) is 18.5 Å². The molecule has 0 saturated heterocycles. The van der Waals surface area contributed by atoms with Gasteiger partial charge in [0.25, 0.3) is 0 Å². The van der Waals surface area contributed by atoms with Crippen LogP contribution in [0, 0.1) is 0 Å². The van der Waals surface area contributed by atoms with E-state index < -0.39 is 13.0 Å². The lowest BCUT2D eigenvalue weighted by molar-refractivity contribution is -0.322. The standard InChI is InChI=1S/C15H14F3NO2/c16-15(17,18)20-11-10-19-13-8-4-5-9-14(13)21-12-6-2-1-3-7-12/h1-9,19H,10-11H2. The van der Waals surface area contributed by atoms with Crippen molar-refractivity contribution in [2.45, 2.75) is 6.36 Å². The molecule has 21 heavy (non-hydrogen) atoms. The molecule has 0 amide bonds. The molecular weight excluding hydrogens is 283 g/mol. The first-order chi connectivity index (χ1) is 10.0. The monoisotopic (exact) mass is 297 g/mol. The van der Waals surface area contributed by atoms with Crippen molar-refractivity contribution in [3.05, 3.63) is 54.6 Å². The fourth-order valence-electron chi connectivity index (χ4n) is 1.67. The van der Waals surface area contributed by atoms with E-state index in [2.05, 4.69) is 10.1 Å². The number of hydrogen-bond donors (Lipinski definition) is 1. The lowest BCUT2D eigenvalue weighted by Crippen LogP contribution is -2.19. The van der Waals surface area contributed by atoms with Gasteiger partial charge >= 0.3 is 6.36 Å². The van der Waals surface area contributed by atoms with Crippen molar-refractivity contribution in [2.24, 2.45) is 0 Å². The molecule has 0 aliphatic carbocycles. The molecule has 6 heteroatoms. The van der Waals surface area contributed by atoms with Crippen LogP contribution in [0.3, 0.4) is 0 Å². The first-order valence-electron chi connectivity index (χ1n) is 6.31. The number of rotatable bonds is 6. The summed E-state index contributed by atoms with van der Waals surface area (Å²) in [6, 6.07) is 16.1. The number of anilines is 1. The van der Waals surface area contributed by atoms with Crippen LogP contribution in [0.2, 0.25) is 0 Å². The second-order valence-corrected chi connectivity index (χ2v) is 4.13. The highest BCUT2D eigenvalue weighted by Crippen LogP contribution is 2.28. The molecule has 1 N–H and O–H groups in total. The predicted molar refractivity (Wildman–Crippen MR) is 73.5 cm³/mol. The van der Waals surface area contributed by atoms with Crippen molar-refractivity contribution < 1.29 is 22.6 Å². The molecule has 0 heterocycles. The van der Waals surface area contributed by atoms with Crippen molar-refractivity contribution in [1.29, 1.82) is 0 Å². The minimum Gasteiger partial charge on any atom is -0.455 e. The Balaban J connectivity index is 1.94. The fraction of sp³-hybridized carbons (Fsp3) is 0.200. The van der Waals surface area contributed by atoms with Gasteiger partial charge in [-0.2, -0.15) is 0 Å². The average molecular weight is 297 g/mol. The molecule has 0 aliphatic heterocycles. The number of benzene rings is 2. The molecule has 0 unspecified atom stereocenters. The first-order valence-corrected chi connectivity index (χ1v) is 6.31. The van der Waals surface area contributed by atoms with Gasteiger partial charge in [0.1, 0.15) is 5.75 Å². The zero-order chi connectivity index (χ0) is 15.1. The van der Waals surface area contributed by atoms with Gasteiger partial charge < -0.3 is 10.1 Å². The Kier molecular flexibility index (Phi) is 5.05. The molecule has 0 saturated carbocycles. The van der Waals surface area contributed by atoms with Crippen LogP contribution in [-0.2, 0) is 4.74 Å². The van der Waals surface area contributed by atoms with E-state index in [0.717, 1.165) is 0 Å². The summed E-state index contributed by atoms with van der Waals surface area (Å²) < 4.78 is 45.0. The third kappa shape index (κ3) is 5.35. The maximum Gasteiger partial charge on any atom is 0.522 e. The molecule has 3 nitrogen and oxygen atoms in total. The zero-order valence-electron chi connectivity index (χ0n) is 11.1. The van der Waals surface area contributed by atoms with E-state index in [1.54, 1.807) is 36.4 Å². The van der Waals surface area contributed by atoms with E-state index in [-0.39, 0.29) is 6.54 Å². The third-order valence-corrected chi connectivity index (χ3v) is 2.54. The average Bonchev–Trinajstić information content (AvgIpc) is 2.45. The third-order valence-electron chi connectivity index (χ3n) is 2.54. The van der Waals surface area contributed by atoms with Gasteiger partial charge in [-0.25, -0.2) is 0 Å². The smallest absolute Gasteiger partial charge is 0.455 e. The van der Waals surface area contributed by atoms with Crippen LogP contribution >= 0.6 is 0 Å². The van der Waals surface area contributed by atoms with Gasteiger partial charge in [0, 0.05) is 6.54 Å². The maximum absolute atomic E-state index is 11.9. The lowest BCUT2D eigenvalue weighted by Gasteiger charge is -2.13. The highest BCUT2D eigenvalue weighted by molar-refractivity contribution is 5.57. The number of nitrogens with one attached hydrogen (secondary N) is 1. The number of para-hydroxylation sites is 3. The summed E-state index contributed by atoms with van der Waals surface area (Å²) in [6.45, 7) is -0.447. The van der Waals surface area contributed by atoms with Gasteiger partial charge in [-0.1, -0.05) is 30.3 Å². The number of ether oxygens (including phenoxy) is 2. The van der Waals surface area contributed by atoms with E-state index in [4.69, 9.17) is 4.74 Å². The Labute approximate surface area is 120 Å². The second kappa shape index (κ2) is 6.99.